The van der Waals surface area contributed by atoms with E-state index in [2.05, 4.69) is 25.9 Å². The molecule has 0 amide bonds. The summed E-state index contributed by atoms with van der Waals surface area (Å²) in [6.07, 6.45) is 4.16. The van der Waals surface area contributed by atoms with Crippen molar-refractivity contribution in [3.63, 3.8) is 0 Å². The van der Waals surface area contributed by atoms with Crippen molar-refractivity contribution in [3.05, 3.63) is 17.5 Å². The second kappa shape index (κ2) is 3.59. The molecule has 0 radical (unpaired) electrons. The first kappa shape index (κ1) is 12.1. The van der Waals surface area contributed by atoms with E-state index in [0.29, 0.717) is 6.42 Å². The van der Waals surface area contributed by atoms with E-state index in [0.717, 1.165) is 24.1 Å². The predicted molar refractivity (Wildman–Crippen MR) is 64.9 cm³/mol. The largest absolute Gasteiger partial charge is 0.481 e. The van der Waals surface area contributed by atoms with Gasteiger partial charge in [0.15, 0.2) is 0 Å². The van der Waals surface area contributed by atoms with Crippen LogP contribution >= 0.6 is 0 Å². The Hall–Kier alpha value is -1.32. The summed E-state index contributed by atoms with van der Waals surface area (Å²) in [7, 11) is 1.89. The van der Waals surface area contributed by atoms with Crippen LogP contribution in [0.15, 0.2) is 6.20 Å². The molecule has 1 fully saturated rings. The van der Waals surface area contributed by atoms with E-state index in [-0.39, 0.29) is 5.41 Å². The van der Waals surface area contributed by atoms with E-state index in [9.17, 15) is 9.90 Å². The summed E-state index contributed by atoms with van der Waals surface area (Å²) in [4.78, 5) is 11.2. The summed E-state index contributed by atoms with van der Waals surface area (Å²) in [5.74, 6) is -0.666. The molecule has 0 saturated heterocycles. The van der Waals surface area contributed by atoms with Crippen molar-refractivity contribution in [1.29, 1.82) is 0 Å². The highest BCUT2D eigenvalue weighted by Gasteiger charge is 2.50. The van der Waals surface area contributed by atoms with Crippen LogP contribution in [0.25, 0.3) is 0 Å². The SMILES string of the molecule is Cn1cc(CC2(C(=O)O)CC2)c(C(C)(C)C)n1. The number of carbonyl (C=O) groups is 1. The van der Waals surface area contributed by atoms with Crippen molar-refractivity contribution >= 4 is 5.97 Å². The Bertz CT molecular complexity index is 450. The van der Waals surface area contributed by atoms with E-state index >= 15 is 0 Å². The summed E-state index contributed by atoms with van der Waals surface area (Å²) in [6.45, 7) is 6.33. The standard InChI is InChI=1S/C13H20N2O2/c1-12(2,3)10-9(8-15(4)14-10)7-13(5-6-13)11(16)17/h8H,5-7H2,1-4H3,(H,16,17). The Morgan fingerprint density at radius 2 is 2.12 bits per heavy atom. The fourth-order valence-corrected chi connectivity index (χ4v) is 2.28. The Morgan fingerprint density at radius 1 is 1.53 bits per heavy atom. The van der Waals surface area contributed by atoms with Gasteiger partial charge in [0.25, 0.3) is 0 Å². The Balaban J connectivity index is 2.31. The Morgan fingerprint density at radius 3 is 2.53 bits per heavy atom. The summed E-state index contributed by atoms with van der Waals surface area (Å²) < 4.78 is 1.79. The minimum absolute atomic E-state index is 0.0365. The Labute approximate surface area is 102 Å². The molecule has 17 heavy (non-hydrogen) atoms. The molecule has 1 N–H and O–H groups in total. The van der Waals surface area contributed by atoms with Gasteiger partial charge in [-0.05, 0) is 24.8 Å². The molecule has 4 heteroatoms. The normalized spacial score (nSPS) is 18.1. The lowest BCUT2D eigenvalue weighted by Crippen LogP contribution is -2.21. The van der Waals surface area contributed by atoms with Crippen molar-refractivity contribution in [2.45, 2.75) is 45.4 Å². The molecule has 1 saturated carbocycles. The van der Waals surface area contributed by atoms with Crippen LogP contribution in [0.3, 0.4) is 0 Å². The lowest BCUT2D eigenvalue weighted by molar-refractivity contribution is -0.143. The Kier molecular flexibility index (Phi) is 2.56. The fraction of sp³-hybridized carbons (Fsp3) is 0.692. The van der Waals surface area contributed by atoms with Crippen molar-refractivity contribution in [1.82, 2.24) is 9.78 Å². The maximum atomic E-state index is 11.2. The number of aliphatic carboxylic acids is 1. The van der Waals surface area contributed by atoms with Gasteiger partial charge in [-0.2, -0.15) is 5.10 Å². The van der Waals surface area contributed by atoms with Gasteiger partial charge in [0.05, 0.1) is 11.1 Å². The smallest absolute Gasteiger partial charge is 0.309 e. The number of nitrogens with zero attached hydrogens (tertiary/aromatic N) is 2. The monoisotopic (exact) mass is 236 g/mol. The van der Waals surface area contributed by atoms with Crippen LogP contribution < -0.4 is 0 Å². The van der Waals surface area contributed by atoms with Crippen molar-refractivity contribution in [2.75, 3.05) is 0 Å². The molecule has 1 aromatic heterocycles. The van der Waals surface area contributed by atoms with E-state index in [1.54, 1.807) is 4.68 Å². The lowest BCUT2D eigenvalue weighted by Gasteiger charge is -2.18. The van der Waals surface area contributed by atoms with Crippen LogP contribution in [0.2, 0.25) is 0 Å². The second-order valence-corrected chi connectivity index (χ2v) is 6.19. The first-order valence-electron chi connectivity index (χ1n) is 6.01. The highest BCUT2D eigenvalue weighted by atomic mass is 16.4. The maximum Gasteiger partial charge on any atom is 0.309 e. The second-order valence-electron chi connectivity index (χ2n) is 6.19. The molecule has 0 bridgehead atoms. The third kappa shape index (κ3) is 2.21. The number of carboxylic acid groups (broad SMARTS) is 1. The van der Waals surface area contributed by atoms with Crippen molar-refractivity contribution in [3.8, 4) is 0 Å². The van der Waals surface area contributed by atoms with Gasteiger partial charge in [-0.25, -0.2) is 0 Å². The zero-order chi connectivity index (χ0) is 12.8. The van der Waals surface area contributed by atoms with Crippen molar-refractivity contribution in [2.24, 2.45) is 12.5 Å². The molecule has 0 unspecified atom stereocenters. The van der Waals surface area contributed by atoms with Gasteiger partial charge in [0.1, 0.15) is 0 Å². The lowest BCUT2D eigenvalue weighted by atomic mass is 9.86. The van der Waals surface area contributed by atoms with E-state index in [1.807, 2.05) is 13.2 Å². The summed E-state index contributed by atoms with van der Waals surface area (Å²) in [5, 5.41) is 13.7. The average Bonchev–Trinajstić information content (AvgIpc) is 2.84. The first-order valence-corrected chi connectivity index (χ1v) is 6.01. The van der Waals surface area contributed by atoms with E-state index in [1.165, 1.54) is 0 Å². The molecular formula is C13H20N2O2. The molecule has 0 atom stereocenters. The number of rotatable bonds is 3. The minimum atomic E-state index is -0.666. The zero-order valence-corrected chi connectivity index (χ0v) is 10.9. The van der Waals surface area contributed by atoms with Gasteiger partial charge in [-0.3, -0.25) is 9.48 Å². The predicted octanol–water partition coefficient (Wildman–Crippen LogP) is 2.12. The summed E-state index contributed by atoms with van der Waals surface area (Å²) in [6, 6.07) is 0. The van der Waals surface area contributed by atoms with Gasteiger partial charge in [0, 0.05) is 18.7 Å². The molecule has 1 aliphatic carbocycles. The molecule has 1 aromatic rings. The molecule has 1 aliphatic rings. The van der Waals surface area contributed by atoms with Crippen LogP contribution in [0, 0.1) is 5.41 Å². The molecule has 0 spiro atoms. The van der Waals surface area contributed by atoms with Crippen molar-refractivity contribution < 1.29 is 9.90 Å². The molecule has 2 rings (SSSR count). The molecule has 0 aliphatic heterocycles. The van der Waals surface area contributed by atoms with E-state index in [4.69, 9.17) is 0 Å². The maximum absolute atomic E-state index is 11.2. The molecule has 94 valence electrons. The first-order chi connectivity index (χ1) is 7.74. The number of hydrogen-bond acceptors (Lipinski definition) is 2. The number of carboxylic acids is 1. The highest BCUT2D eigenvalue weighted by Crippen LogP contribution is 2.49. The van der Waals surface area contributed by atoms with Gasteiger partial charge < -0.3 is 5.11 Å². The number of aryl methyl sites for hydroxylation is 1. The average molecular weight is 236 g/mol. The van der Waals surface area contributed by atoms with Gasteiger partial charge in [0.2, 0.25) is 0 Å². The third-order valence-corrected chi connectivity index (χ3v) is 3.45. The quantitative estimate of drug-likeness (QED) is 0.874. The van der Waals surface area contributed by atoms with Crippen LogP contribution in [0.4, 0.5) is 0 Å². The van der Waals surface area contributed by atoms with Gasteiger partial charge in [-0.15, -0.1) is 0 Å². The van der Waals surface area contributed by atoms with Crippen LogP contribution in [-0.4, -0.2) is 20.9 Å². The molecular weight excluding hydrogens is 216 g/mol. The highest BCUT2D eigenvalue weighted by molar-refractivity contribution is 5.78. The topological polar surface area (TPSA) is 55.1 Å². The molecule has 4 nitrogen and oxygen atoms in total. The molecule has 1 heterocycles. The van der Waals surface area contributed by atoms with Crippen LogP contribution in [0.1, 0.15) is 44.9 Å². The van der Waals surface area contributed by atoms with E-state index < -0.39 is 11.4 Å². The van der Waals surface area contributed by atoms with Gasteiger partial charge >= 0.3 is 5.97 Å². The zero-order valence-electron chi connectivity index (χ0n) is 10.9. The van der Waals surface area contributed by atoms with Crippen LogP contribution in [0.5, 0.6) is 0 Å². The summed E-state index contributed by atoms with van der Waals surface area (Å²) in [5.41, 5.74) is 1.56. The minimum Gasteiger partial charge on any atom is -0.481 e. The van der Waals surface area contributed by atoms with Gasteiger partial charge in [-0.1, -0.05) is 20.8 Å². The number of hydrogen-bond donors (Lipinski definition) is 1. The third-order valence-electron chi connectivity index (χ3n) is 3.45. The fourth-order valence-electron chi connectivity index (χ4n) is 2.28. The van der Waals surface area contributed by atoms with Crippen LogP contribution in [-0.2, 0) is 23.7 Å². The summed E-state index contributed by atoms with van der Waals surface area (Å²) >= 11 is 0. The molecule has 0 aromatic carbocycles. The number of aromatic nitrogens is 2.